The number of amides is 1. The normalized spacial score (nSPS) is 31.2. The van der Waals surface area contributed by atoms with Crippen LogP contribution in [-0.4, -0.2) is 36.7 Å². The highest BCUT2D eigenvalue weighted by Crippen LogP contribution is 2.31. The van der Waals surface area contributed by atoms with E-state index in [4.69, 9.17) is 4.74 Å². The first kappa shape index (κ1) is 13.8. The van der Waals surface area contributed by atoms with Crippen LogP contribution in [0.2, 0.25) is 0 Å². The molecule has 0 aromatic rings. The quantitative estimate of drug-likeness (QED) is 0.801. The van der Waals surface area contributed by atoms with Gasteiger partial charge in [0.25, 0.3) is 0 Å². The van der Waals surface area contributed by atoms with Gasteiger partial charge in [-0.25, -0.2) is 0 Å². The Balaban J connectivity index is 1.87. The van der Waals surface area contributed by atoms with Gasteiger partial charge in [-0.15, -0.1) is 0 Å². The van der Waals surface area contributed by atoms with Crippen LogP contribution in [0.5, 0.6) is 0 Å². The second-order valence-corrected chi connectivity index (χ2v) is 5.59. The van der Waals surface area contributed by atoms with Crippen molar-refractivity contribution in [1.29, 1.82) is 0 Å². The second-order valence-electron chi connectivity index (χ2n) is 5.59. The first-order valence-electron chi connectivity index (χ1n) is 7.37. The lowest BCUT2D eigenvalue weighted by Gasteiger charge is -2.40. The van der Waals surface area contributed by atoms with Crippen LogP contribution in [-0.2, 0) is 9.53 Å². The fourth-order valence-corrected chi connectivity index (χ4v) is 3.10. The first-order chi connectivity index (χ1) is 8.69. The van der Waals surface area contributed by atoms with Crippen molar-refractivity contribution in [3.8, 4) is 0 Å². The van der Waals surface area contributed by atoms with Gasteiger partial charge in [-0.05, 0) is 45.1 Å². The van der Waals surface area contributed by atoms with E-state index in [1.165, 1.54) is 0 Å². The summed E-state index contributed by atoms with van der Waals surface area (Å²) < 4.78 is 5.93. The fourth-order valence-electron chi connectivity index (χ4n) is 3.10. The van der Waals surface area contributed by atoms with E-state index < -0.39 is 0 Å². The summed E-state index contributed by atoms with van der Waals surface area (Å²) in [7, 11) is 0. The first-order valence-corrected chi connectivity index (χ1v) is 7.37. The molecular formula is C14H26N2O2. The third-order valence-electron chi connectivity index (χ3n) is 4.50. The fraction of sp³-hybridized carbons (Fsp3) is 0.929. The molecule has 1 amide bonds. The van der Waals surface area contributed by atoms with Crippen molar-refractivity contribution in [3.05, 3.63) is 0 Å². The Morgan fingerprint density at radius 2 is 2.17 bits per heavy atom. The number of hydrogen-bond acceptors (Lipinski definition) is 3. The molecule has 2 atom stereocenters. The van der Waals surface area contributed by atoms with Crippen molar-refractivity contribution in [2.75, 3.05) is 13.2 Å². The molecule has 0 spiro atoms. The minimum atomic E-state index is -0.0146. The van der Waals surface area contributed by atoms with Gasteiger partial charge in [0.2, 0.25) is 5.91 Å². The molecule has 2 heterocycles. The minimum absolute atomic E-state index is 0.0146. The van der Waals surface area contributed by atoms with Crippen molar-refractivity contribution in [3.63, 3.8) is 0 Å². The molecule has 0 saturated carbocycles. The summed E-state index contributed by atoms with van der Waals surface area (Å²) in [5.41, 5.74) is -0.0146. The number of carbonyl (C=O) groups is 1. The van der Waals surface area contributed by atoms with Gasteiger partial charge in [0.05, 0.1) is 11.6 Å². The van der Waals surface area contributed by atoms with E-state index in [1.807, 2.05) is 0 Å². The molecule has 0 aromatic carbocycles. The Kier molecular flexibility index (Phi) is 4.62. The number of hydrogen-bond donors (Lipinski definition) is 2. The van der Waals surface area contributed by atoms with Crippen LogP contribution in [0.3, 0.4) is 0 Å². The molecule has 2 unspecified atom stereocenters. The van der Waals surface area contributed by atoms with Gasteiger partial charge < -0.3 is 15.4 Å². The predicted octanol–water partition coefficient (Wildman–Crippen LogP) is 1.59. The largest absolute Gasteiger partial charge is 0.375 e. The monoisotopic (exact) mass is 254 g/mol. The number of ether oxygens (including phenoxy) is 1. The molecule has 2 rings (SSSR count). The van der Waals surface area contributed by atoms with Gasteiger partial charge in [-0.3, -0.25) is 4.79 Å². The zero-order valence-corrected chi connectivity index (χ0v) is 11.6. The molecule has 2 aliphatic heterocycles. The lowest BCUT2D eigenvalue weighted by Crippen LogP contribution is -2.51. The Bertz CT molecular complexity index is 284. The zero-order chi connectivity index (χ0) is 13.0. The summed E-state index contributed by atoms with van der Waals surface area (Å²) in [4.78, 5) is 12.1. The Hall–Kier alpha value is -0.610. The van der Waals surface area contributed by atoms with Crippen LogP contribution in [0.15, 0.2) is 0 Å². The second kappa shape index (κ2) is 6.02. The molecule has 18 heavy (non-hydrogen) atoms. The summed E-state index contributed by atoms with van der Waals surface area (Å²) in [6.07, 6.45) is 6.04. The highest BCUT2D eigenvalue weighted by Gasteiger charge is 2.35. The molecule has 0 aliphatic carbocycles. The lowest BCUT2D eigenvalue weighted by atomic mass is 9.86. The van der Waals surface area contributed by atoms with E-state index in [2.05, 4.69) is 24.5 Å². The minimum Gasteiger partial charge on any atom is -0.375 e. The van der Waals surface area contributed by atoms with Crippen LogP contribution in [0.1, 0.15) is 52.4 Å². The molecular weight excluding hydrogens is 228 g/mol. The number of rotatable bonds is 4. The van der Waals surface area contributed by atoms with Gasteiger partial charge in [0.15, 0.2) is 0 Å². The molecule has 0 radical (unpaired) electrons. The van der Waals surface area contributed by atoms with Gasteiger partial charge in [0.1, 0.15) is 0 Å². The highest BCUT2D eigenvalue weighted by atomic mass is 16.5. The molecule has 0 bridgehead atoms. The number of nitrogens with one attached hydrogen (secondary N) is 2. The topological polar surface area (TPSA) is 50.4 Å². The Morgan fingerprint density at radius 3 is 2.78 bits per heavy atom. The van der Waals surface area contributed by atoms with Gasteiger partial charge in [-0.1, -0.05) is 13.8 Å². The van der Waals surface area contributed by atoms with E-state index in [-0.39, 0.29) is 23.6 Å². The zero-order valence-electron chi connectivity index (χ0n) is 11.6. The third-order valence-corrected chi connectivity index (χ3v) is 4.50. The van der Waals surface area contributed by atoms with E-state index in [1.54, 1.807) is 0 Å². The predicted molar refractivity (Wildman–Crippen MR) is 71.5 cm³/mol. The lowest BCUT2D eigenvalue weighted by molar-refractivity contribution is -0.127. The highest BCUT2D eigenvalue weighted by molar-refractivity contribution is 5.82. The van der Waals surface area contributed by atoms with Crippen molar-refractivity contribution in [2.45, 2.75) is 70.1 Å². The molecule has 4 heteroatoms. The molecule has 2 N–H and O–H groups in total. The van der Waals surface area contributed by atoms with Gasteiger partial charge in [0, 0.05) is 12.6 Å². The van der Waals surface area contributed by atoms with Crippen molar-refractivity contribution in [2.24, 2.45) is 0 Å². The summed E-state index contributed by atoms with van der Waals surface area (Å²) in [5.74, 6) is 0.181. The summed E-state index contributed by atoms with van der Waals surface area (Å²) in [6, 6.07) is 0.319. The van der Waals surface area contributed by atoms with Crippen LogP contribution >= 0.6 is 0 Å². The van der Waals surface area contributed by atoms with E-state index >= 15 is 0 Å². The van der Waals surface area contributed by atoms with Crippen molar-refractivity contribution in [1.82, 2.24) is 10.6 Å². The van der Waals surface area contributed by atoms with Gasteiger partial charge in [-0.2, -0.15) is 0 Å². The Labute approximate surface area is 110 Å². The molecule has 2 saturated heterocycles. The molecule has 2 aliphatic rings. The van der Waals surface area contributed by atoms with Crippen LogP contribution < -0.4 is 10.6 Å². The summed E-state index contributed by atoms with van der Waals surface area (Å²) in [5, 5.41) is 6.45. The Morgan fingerprint density at radius 1 is 1.39 bits per heavy atom. The van der Waals surface area contributed by atoms with Crippen LogP contribution in [0.4, 0.5) is 0 Å². The summed E-state index contributed by atoms with van der Waals surface area (Å²) >= 11 is 0. The maximum absolute atomic E-state index is 12.1. The van der Waals surface area contributed by atoms with Crippen molar-refractivity contribution >= 4 is 5.91 Å². The van der Waals surface area contributed by atoms with E-state index in [0.29, 0.717) is 0 Å². The maximum atomic E-state index is 12.1. The average molecular weight is 254 g/mol. The SMILES string of the molecule is CCC1(CC)CC(NC(=O)C2CCCN2)CCO1. The molecule has 2 fully saturated rings. The third kappa shape index (κ3) is 3.04. The van der Waals surface area contributed by atoms with E-state index in [0.717, 1.165) is 51.7 Å². The smallest absolute Gasteiger partial charge is 0.237 e. The summed E-state index contributed by atoms with van der Waals surface area (Å²) in [6.45, 7) is 6.09. The molecule has 4 nitrogen and oxygen atoms in total. The maximum Gasteiger partial charge on any atom is 0.237 e. The van der Waals surface area contributed by atoms with Crippen LogP contribution in [0, 0.1) is 0 Å². The van der Waals surface area contributed by atoms with Gasteiger partial charge >= 0.3 is 0 Å². The molecule has 104 valence electrons. The van der Waals surface area contributed by atoms with Crippen molar-refractivity contribution < 1.29 is 9.53 Å². The molecule has 0 aromatic heterocycles. The van der Waals surface area contributed by atoms with Crippen LogP contribution in [0.25, 0.3) is 0 Å². The average Bonchev–Trinajstić information content (AvgIpc) is 2.93. The number of carbonyl (C=O) groups excluding carboxylic acids is 1. The van der Waals surface area contributed by atoms with E-state index in [9.17, 15) is 4.79 Å². The standard InChI is InChI=1S/C14H26N2O2/c1-3-14(4-2)10-11(7-9-18-14)16-13(17)12-6-5-8-15-12/h11-12,15H,3-10H2,1-2H3,(H,16,17).